The van der Waals surface area contributed by atoms with Crippen LogP contribution in [0.2, 0.25) is 0 Å². The molecule has 5 heteroatoms. The number of rotatable bonds is 0. The predicted octanol–water partition coefficient (Wildman–Crippen LogP) is 5.56. The molecule has 0 amide bonds. The second kappa shape index (κ2) is 8.30. The van der Waals surface area contributed by atoms with E-state index in [-0.39, 0.29) is 51.6 Å². The second-order valence-electron chi connectivity index (χ2n) is 8.48. The van der Waals surface area contributed by atoms with Crippen LogP contribution in [0, 0.1) is 7.43 Å². The summed E-state index contributed by atoms with van der Waals surface area (Å²) < 4.78 is 0. The Morgan fingerprint density at radius 1 is 0.559 bits per heavy atom. The van der Waals surface area contributed by atoms with Gasteiger partial charge in [0.1, 0.15) is 11.5 Å². The largest absolute Gasteiger partial charge is 0.507 e. The molecule has 163 valence electrons. The summed E-state index contributed by atoms with van der Waals surface area (Å²) >= 11 is 0. The van der Waals surface area contributed by atoms with E-state index in [2.05, 4.69) is 12.1 Å². The van der Waals surface area contributed by atoms with Gasteiger partial charge in [-0.1, -0.05) is 60.7 Å². The molecule has 0 fully saturated rings. The third kappa shape index (κ3) is 3.05. The van der Waals surface area contributed by atoms with Gasteiger partial charge in [-0.3, -0.25) is 0 Å². The van der Waals surface area contributed by atoms with E-state index < -0.39 is 0 Å². The number of phenolic OH excluding ortho intramolecular Hbond substituents is 2. The van der Waals surface area contributed by atoms with Gasteiger partial charge in [0.05, 0.1) is 32.9 Å². The van der Waals surface area contributed by atoms with Crippen LogP contribution in [0.3, 0.4) is 0 Å². The topological polar surface area (TPSA) is 65.2 Å². The molecule has 0 aliphatic carbocycles. The van der Waals surface area contributed by atoms with E-state index in [0.717, 1.165) is 57.2 Å². The molecule has 0 spiro atoms. The zero-order valence-corrected chi connectivity index (χ0v) is 21.5. The molecule has 0 unspecified atom stereocenters. The number of fused-ring (bicyclic) bond motifs is 9. The fourth-order valence-corrected chi connectivity index (χ4v) is 5.24. The van der Waals surface area contributed by atoms with Crippen molar-refractivity contribution in [3.8, 4) is 11.5 Å². The van der Waals surface area contributed by atoms with Gasteiger partial charge in [-0.2, -0.15) is 0 Å². The smallest absolute Gasteiger partial charge is 0.133 e. The van der Waals surface area contributed by atoms with Gasteiger partial charge < -0.3 is 17.6 Å². The first kappa shape index (κ1) is 22.7. The van der Waals surface area contributed by atoms with Crippen LogP contribution in [0.1, 0.15) is 22.3 Å². The number of nitrogens with zero attached hydrogens (tertiary/aromatic N) is 2. The van der Waals surface area contributed by atoms with Gasteiger partial charge in [-0.15, -0.1) is 0 Å². The molecule has 0 atom stereocenters. The Morgan fingerprint density at radius 3 is 1.38 bits per heavy atom. The Kier molecular flexibility index (Phi) is 5.54. The van der Waals surface area contributed by atoms with Crippen molar-refractivity contribution in [3.63, 3.8) is 0 Å². The van der Waals surface area contributed by atoms with Crippen molar-refractivity contribution in [2.45, 2.75) is 12.8 Å². The van der Waals surface area contributed by atoms with Gasteiger partial charge in [0.25, 0.3) is 0 Å². The van der Waals surface area contributed by atoms with Crippen molar-refractivity contribution in [2.24, 2.45) is 9.98 Å². The predicted molar refractivity (Wildman–Crippen MR) is 131 cm³/mol. The Bertz CT molecular complexity index is 1630. The minimum absolute atomic E-state index is 0. The van der Waals surface area contributed by atoms with Crippen molar-refractivity contribution in [3.05, 3.63) is 113 Å². The zero-order valence-electron chi connectivity index (χ0n) is 18.7. The Balaban J connectivity index is 0.00000120. The summed E-state index contributed by atoms with van der Waals surface area (Å²) in [5.74, 6) is 0.286. The van der Waals surface area contributed by atoms with Gasteiger partial charge >= 0.3 is 0 Å². The molecule has 2 aliphatic heterocycles. The van der Waals surface area contributed by atoms with E-state index in [1.165, 1.54) is 0 Å². The molecular formula is C29H21N2O2Y-. The maximum absolute atomic E-state index is 11.4. The summed E-state index contributed by atoms with van der Waals surface area (Å²) in [6.07, 6.45) is 1.44. The Labute approximate surface area is 222 Å². The summed E-state index contributed by atoms with van der Waals surface area (Å²) in [6.45, 7) is 0. The first-order valence-electron chi connectivity index (χ1n) is 10.7. The molecule has 0 saturated heterocycles. The van der Waals surface area contributed by atoms with Crippen LogP contribution < -0.4 is 10.7 Å². The molecule has 2 aliphatic rings. The van der Waals surface area contributed by atoms with Crippen LogP contribution in [-0.4, -0.2) is 10.2 Å². The van der Waals surface area contributed by atoms with Crippen LogP contribution >= 0.6 is 0 Å². The molecule has 1 radical (unpaired) electrons. The molecule has 2 heterocycles. The average Bonchev–Trinajstić information content (AvgIpc) is 2.84. The van der Waals surface area contributed by atoms with Gasteiger partial charge in [0.2, 0.25) is 0 Å². The SMILES string of the molecule is Oc1c2ccccc2c(O)c2c3c(c4c(c12)=Nc1ccccc1C4)Cc1ccccc1N=3.[CH3-].[Y]. The van der Waals surface area contributed by atoms with E-state index >= 15 is 0 Å². The summed E-state index contributed by atoms with van der Waals surface area (Å²) in [5, 5.41) is 26.7. The van der Waals surface area contributed by atoms with Crippen molar-refractivity contribution in [1.82, 2.24) is 0 Å². The average molecular weight is 518 g/mol. The van der Waals surface area contributed by atoms with Crippen molar-refractivity contribution < 1.29 is 42.9 Å². The number of aromatic hydroxyl groups is 2. The fourth-order valence-electron chi connectivity index (χ4n) is 5.24. The van der Waals surface area contributed by atoms with E-state index in [9.17, 15) is 10.2 Å². The molecule has 0 saturated carbocycles. The van der Waals surface area contributed by atoms with Crippen LogP contribution in [0.25, 0.3) is 21.5 Å². The first-order chi connectivity index (χ1) is 15.7. The molecule has 34 heavy (non-hydrogen) atoms. The number of hydrogen-bond acceptors (Lipinski definition) is 4. The van der Waals surface area contributed by atoms with Crippen molar-refractivity contribution in [2.75, 3.05) is 0 Å². The minimum atomic E-state index is 0. The maximum Gasteiger partial charge on any atom is 0.133 e. The van der Waals surface area contributed by atoms with Gasteiger partial charge in [-0.25, -0.2) is 9.98 Å². The monoisotopic (exact) mass is 518 g/mol. The fraction of sp³-hybridized carbons (Fsp3) is 0.0690. The van der Waals surface area contributed by atoms with E-state index in [1.807, 2.05) is 60.7 Å². The van der Waals surface area contributed by atoms with Crippen LogP contribution in [-0.2, 0) is 45.6 Å². The molecule has 4 nitrogen and oxygen atoms in total. The second-order valence-corrected chi connectivity index (χ2v) is 8.48. The van der Waals surface area contributed by atoms with Crippen LogP contribution in [0.4, 0.5) is 11.4 Å². The van der Waals surface area contributed by atoms with E-state index in [0.29, 0.717) is 21.5 Å². The summed E-state index contributed by atoms with van der Waals surface area (Å²) in [5.41, 5.74) is 6.28. The molecule has 2 N–H and O–H groups in total. The molecule has 5 aromatic rings. The van der Waals surface area contributed by atoms with E-state index in [4.69, 9.17) is 9.98 Å². The minimum Gasteiger partial charge on any atom is -0.507 e. The third-order valence-electron chi connectivity index (χ3n) is 6.75. The first-order valence-corrected chi connectivity index (χ1v) is 10.7. The zero-order chi connectivity index (χ0) is 21.4. The summed E-state index contributed by atoms with van der Waals surface area (Å²) in [6, 6.07) is 23.6. The van der Waals surface area contributed by atoms with Crippen LogP contribution in [0.15, 0.2) is 82.8 Å². The van der Waals surface area contributed by atoms with E-state index in [1.54, 1.807) is 0 Å². The van der Waals surface area contributed by atoms with Crippen molar-refractivity contribution in [1.29, 1.82) is 0 Å². The molecule has 0 bridgehead atoms. The standard InChI is InChI=1S/C28H18N2O2.CH3.Y/c31-27-17-9-3-4-10-18(17)28(32)24-23(27)25-19(13-15-7-1-5-11-21(15)29-25)20-14-16-8-2-6-12-22(16)30-26(20)24;;/h1-12,31-32H,13-14H2;1H3;/q;-1;. The van der Waals surface area contributed by atoms with Gasteiger partial charge in [0, 0.05) is 56.3 Å². The van der Waals surface area contributed by atoms with Crippen molar-refractivity contribution >= 4 is 32.9 Å². The summed E-state index contributed by atoms with van der Waals surface area (Å²) in [7, 11) is 0. The molecule has 5 aromatic carbocycles. The Morgan fingerprint density at radius 2 is 0.941 bits per heavy atom. The number of benzene rings is 5. The Hall–Kier alpha value is -3.08. The normalized spacial score (nSPS) is 12.7. The number of hydrogen-bond donors (Lipinski definition) is 2. The molecular weight excluding hydrogens is 497 g/mol. The number of para-hydroxylation sites is 2. The quantitative estimate of drug-likeness (QED) is 0.157. The number of phenols is 2. The van der Waals surface area contributed by atoms with Gasteiger partial charge in [0.15, 0.2) is 0 Å². The third-order valence-corrected chi connectivity index (χ3v) is 6.75. The van der Waals surface area contributed by atoms with Crippen LogP contribution in [0.5, 0.6) is 11.5 Å². The van der Waals surface area contributed by atoms with Gasteiger partial charge in [-0.05, 0) is 34.4 Å². The maximum atomic E-state index is 11.4. The summed E-state index contributed by atoms with van der Waals surface area (Å²) in [4.78, 5) is 9.99. The molecule has 7 rings (SSSR count). The molecule has 0 aromatic heterocycles.